The molecule has 80 valence electrons. The van der Waals surface area contributed by atoms with E-state index in [4.69, 9.17) is 16.3 Å². The van der Waals surface area contributed by atoms with Gasteiger partial charge in [0.15, 0.2) is 5.75 Å². The maximum Gasteiger partial charge on any atom is 0.256 e. The van der Waals surface area contributed by atoms with Crippen molar-refractivity contribution in [2.75, 3.05) is 7.05 Å². The molecule has 1 amide bonds. The van der Waals surface area contributed by atoms with Crippen LogP contribution in [0.1, 0.15) is 23.2 Å². The van der Waals surface area contributed by atoms with Gasteiger partial charge in [0.05, 0.1) is 17.3 Å². The van der Waals surface area contributed by atoms with Crippen LogP contribution in [0, 0.1) is 0 Å². The summed E-state index contributed by atoms with van der Waals surface area (Å²) in [5.74, 6) is 0.211. The van der Waals surface area contributed by atoms with Crippen LogP contribution in [0.15, 0.2) is 12.4 Å². The summed E-state index contributed by atoms with van der Waals surface area (Å²) in [4.78, 5) is 15.5. The van der Waals surface area contributed by atoms with E-state index in [-0.39, 0.29) is 12.0 Å². The quantitative estimate of drug-likeness (QED) is 0.853. The van der Waals surface area contributed by atoms with Crippen LogP contribution in [0.2, 0.25) is 5.02 Å². The number of nitrogens with zero attached hydrogens (tertiary/aromatic N) is 1. The van der Waals surface area contributed by atoms with E-state index in [1.807, 2.05) is 0 Å². The van der Waals surface area contributed by atoms with Gasteiger partial charge in [-0.25, -0.2) is 0 Å². The predicted molar refractivity (Wildman–Crippen MR) is 56.3 cm³/mol. The molecule has 0 aromatic carbocycles. The highest BCUT2D eigenvalue weighted by Crippen LogP contribution is 2.31. The maximum absolute atomic E-state index is 11.6. The van der Waals surface area contributed by atoms with Gasteiger partial charge in [0.25, 0.3) is 5.91 Å². The molecule has 0 radical (unpaired) electrons. The van der Waals surface area contributed by atoms with E-state index in [0.29, 0.717) is 16.3 Å². The van der Waals surface area contributed by atoms with Crippen LogP contribution in [0.5, 0.6) is 5.75 Å². The lowest BCUT2D eigenvalue weighted by atomic mass is 10.2. The van der Waals surface area contributed by atoms with Crippen molar-refractivity contribution < 1.29 is 9.53 Å². The summed E-state index contributed by atoms with van der Waals surface area (Å²) in [6.07, 6.45) is 5.23. The van der Waals surface area contributed by atoms with E-state index in [9.17, 15) is 4.79 Å². The van der Waals surface area contributed by atoms with Gasteiger partial charge in [0.1, 0.15) is 5.56 Å². The number of carbonyl (C=O) groups excluding carboxylic acids is 1. The second-order valence-corrected chi connectivity index (χ2v) is 3.80. The lowest BCUT2D eigenvalue weighted by Crippen LogP contribution is -2.20. The third-order valence-electron chi connectivity index (χ3n) is 2.14. The number of hydrogen-bond acceptors (Lipinski definition) is 3. The zero-order valence-corrected chi connectivity index (χ0v) is 9.04. The van der Waals surface area contributed by atoms with Crippen LogP contribution in [0.3, 0.4) is 0 Å². The normalized spacial score (nSPS) is 14.8. The van der Waals surface area contributed by atoms with E-state index < -0.39 is 0 Å². The van der Waals surface area contributed by atoms with Crippen LogP contribution >= 0.6 is 11.6 Å². The minimum Gasteiger partial charge on any atom is -0.488 e. The highest BCUT2D eigenvalue weighted by Gasteiger charge is 2.26. The molecule has 1 fully saturated rings. The van der Waals surface area contributed by atoms with E-state index in [2.05, 4.69) is 10.3 Å². The highest BCUT2D eigenvalue weighted by atomic mass is 35.5. The standard InChI is InChI=1S/C10H11ClN2O2/c1-12-10(14)9-7(11)4-13-5-8(9)15-6-2-3-6/h4-6H,2-3H2,1H3,(H,12,14). The van der Waals surface area contributed by atoms with Gasteiger partial charge in [-0.2, -0.15) is 0 Å². The molecular formula is C10H11ClN2O2. The number of ether oxygens (including phenoxy) is 1. The van der Waals surface area contributed by atoms with Gasteiger partial charge >= 0.3 is 0 Å². The smallest absolute Gasteiger partial charge is 0.256 e. The Bertz CT molecular complexity index is 391. The number of nitrogens with one attached hydrogen (secondary N) is 1. The van der Waals surface area contributed by atoms with Crippen molar-refractivity contribution in [3.8, 4) is 5.75 Å². The second kappa shape index (κ2) is 4.06. The zero-order chi connectivity index (χ0) is 10.8. The molecule has 0 aliphatic heterocycles. The molecule has 1 aliphatic rings. The molecule has 5 heteroatoms. The first kappa shape index (κ1) is 10.2. The minimum absolute atomic E-state index is 0.216. The van der Waals surface area contributed by atoms with Gasteiger partial charge in [-0.05, 0) is 12.8 Å². The van der Waals surface area contributed by atoms with Crippen molar-refractivity contribution in [2.24, 2.45) is 0 Å². The van der Waals surface area contributed by atoms with Gasteiger partial charge in [0.2, 0.25) is 0 Å². The fourth-order valence-electron chi connectivity index (χ4n) is 1.22. The van der Waals surface area contributed by atoms with Crippen molar-refractivity contribution in [3.63, 3.8) is 0 Å². The molecule has 0 spiro atoms. The second-order valence-electron chi connectivity index (χ2n) is 3.39. The fraction of sp³-hybridized carbons (Fsp3) is 0.400. The molecule has 0 saturated heterocycles. The van der Waals surface area contributed by atoms with Gasteiger partial charge in [0, 0.05) is 13.2 Å². The molecule has 4 nitrogen and oxygen atoms in total. The average molecular weight is 227 g/mol. The minimum atomic E-state index is -0.252. The van der Waals surface area contributed by atoms with Crippen LogP contribution in [0.25, 0.3) is 0 Å². The van der Waals surface area contributed by atoms with Crippen molar-refractivity contribution in [2.45, 2.75) is 18.9 Å². The van der Waals surface area contributed by atoms with Gasteiger partial charge < -0.3 is 10.1 Å². The summed E-state index contributed by atoms with van der Waals surface area (Å²) in [6, 6.07) is 0. The molecule has 1 heterocycles. The topological polar surface area (TPSA) is 51.2 Å². The molecule has 1 aliphatic carbocycles. The van der Waals surface area contributed by atoms with Gasteiger partial charge in [-0.3, -0.25) is 9.78 Å². The summed E-state index contributed by atoms with van der Waals surface area (Å²) in [6.45, 7) is 0. The monoisotopic (exact) mass is 226 g/mol. The van der Waals surface area contributed by atoms with E-state index in [1.165, 1.54) is 12.4 Å². The molecule has 0 bridgehead atoms. The molecular weight excluding hydrogens is 216 g/mol. The number of halogens is 1. The Morgan fingerprint density at radius 2 is 2.33 bits per heavy atom. The van der Waals surface area contributed by atoms with Crippen LogP contribution in [0.4, 0.5) is 0 Å². The molecule has 0 unspecified atom stereocenters. The molecule has 0 atom stereocenters. The van der Waals surface area contributed by atoms with Crippen molar-refractivity contribution in [3.05, 3.63) is 23.0 Å². The van der Waals surface area contributed by atoms with E-state index in [0.717, 1.165) is 12.8 Å². The fourth-order valence-corrected chi connectivity index (χ4v) is 1.45. The number of aromatic nitrogens is 1. The lowest BCUT2D eigenvalue weighted by Gasteiger charge is -2.10. The van der Waals surface area contributed by atoms with Gasteiger partial charge in [-0.1, -0.05) is 11.6 Å². The predicted octanol–water partition coefficient (Wildman–Crippen LogP) is 1.64. The third kappa shape index (κ3) is 2.21. The maximum atomic E-state index is 11.6. The summed E-state index contributed by atoms with van der Waals surface area (Å²) in [5.41, 5.74) is 0.362. The Hall–Kier alpha value is -1.29. The Kier molecular flexibility index (Phi) is 2.77. The summed E-state index contributed by atoms with van der Waals surface area (Å²) in [5, 5.41) is 2.84. The molecule has 2 rings (SSSR count). The Morgan fingerprint density at radius 3 is 2.93 bits per heavy atom. The van der Waals surface area contributed by atoms with E-state index >= 15 is 0 Å². The van der Waals surface area contributed by atoms with Crippen LogP contribution < -0.4 is 10.1 Å². The highest BCUT2D eigenvalue weighted by molar-refractivity contribution is 6.34. The van der Waals surface area contributed by atoms with Gasteiger partial charge in [-0.15, -0.1) is 0 Å². The Labute approximate surface area is 92.6 Å². The first-order valence-corrected chi connectivity index (χ1v) is 5.12. The molecule has 1 aromatic rings. The lowest BCUT2D eigenvalue weighted by molar-refractivity contribution is 0.0958. The third-order valence-corrected chi connectivity index (χ3v) is 2.42. The summed E-state index contributed by atoms with van der Waals surface area (Å²) in [7, 11) is 1.56. The Morgan fingerprint density at radius 1 is 1.60 bits per heavy atom. The first-order valence-electron chi connectivity index (χ1n) is 4.74. The molecule has 15 heavy (non-hydrogen) atoms. The number of carbonyl (C=O) groups is 1. The number of amides is 1. The molecule has 1 saturated carbocycles. The largest absolute Gasteiger partial charge is 0.488 e. The summed E-state index contributed by atoms with van der Waals surface area (Å²) >= 11 is 5.90. The zero-order valence-electron chi connectivity index (χ0n) is 8.29. The van der Waals surface area contributed by atoms with Crippen molar-refractivity contribution >= 4 is 17.5 Å². The Balaban J connectivity index is 2.33. The van der Waals surface area contributed by atoms with Crippen LogP contribution in [-0.2, 0) is 0 Å². The molecule has 1 aromatic heterocycles. The summed E-state index contributed by atoms with van der Waals surface area (Å²) < 4.78 is 5.55. The number of rotatable bonds is 3. The SMILES string of the molecule is CNC(=O)c1c(Cl)cncc1OC1CC1. The number of hydrogen-bond donors (Lipinski definition) is 1. The van der Waals surface area contributed by atoms with Crippen molar-refractivity contribution in [1.82, 2.24) is 10.3 Å². The van der Waals surface area contributed by atoms with E-state index in [1.54, 1.807) is 7.05 Å². The first-order chi connectivity index (χ1) is 7.22. The molecule has 1 N–H and O–H groups in total. The van der Waals surface area contributed by atoms with Crippen molar-refractivity contribution in [1.29, 1.82) is 0 Å². The number of pyridine rings is 1. The average Bonchev–Trinajstić information content (AvgIpc) is 3.01. The van der Waals surface area contributed by atoms with Crippen LogP contribution in [-0.4, -0.2) is 24.0 Å².